The third-order valence-electron chi connectivity index (χ3n) is 3.75. The predicted octanol–water partition coefficient (Wildman–Crippen LogP) is 0.0527. The molecule has 1 saturated heterocycles. The van der Waals surface area contributed by atoms with E-state index in [1.54, 1.807) is 18.7 Å². The molecule has 0 radical (unpaired) electrons. The molecule has 112 valence electrons. The molecule has 1 aliphatic rings. The minimum atomic E-state index is -3.02. The molecule has 0 spiro atoms. The highest BCUT2D eigenvalue weighted by molar-refractivity contribution is 7.91. The van der Waals surface area contributed by atoms with Gasteiger partial charge in [-0.1, -0.05) is 0 Å². The molecule has 1 amide bonds. The average molecular weight is 300 g/mol. The van der Waals surface area contributed by atoms with Gasteiger partial charge in [-0.2, -0.15) is 5.10 Å². The van der Waals surface area contributed by atoms with Crippen LogP contribution in [0.2, 0.25) is 0 Å². The number of aryl methyl sites for hydroxylation is 2. The highest BCUT2D eigenvalue weighted by atomic mass is 32.2. The second-order valence-electron chi connectivity index (χ2n) is 5.14. The smallest absolute Gasteiger partial charge is 0.274 e. The van der Waals surface area contributed by atoms with Crippen molar-refractivity contribution in [2.75, 3.05) is 24.3 Å². The monoisotopic (exact) mass is 300 g/mol. The molecule has 1 aliphatic heterocycles. The summed E-state index contributed by atoms with van der Waals surface area (Å²) in [5, 5.41) is 4.21. The van der Waals surface area contributed by atoms with E-state index in [4.69, 9.17) is 5.73 Å². The Morgan fingerprint density at radius 1 is 1.55 bits per heavy atom. The first-order chi connectivity index (χ1) is 9.26. The van der Waals surface area contributed by atoms with E-state index in [1.165, 1.54) is 4.90 Å². The van der Waals surface area contributed by atoms with E-state index in [-0.39, 0.29) is 23.5 Å². The zero-order valence-corrected chi connectivity index (χ0v) is 12.8. The van der Waals surface area contributed by atoms with Gasteiger partial charge in [0.1, 0.15) is 5.69 Å². The van der Waals surface area contributed by atoms with Gasteiger partial charge in [0.05, 0.1) is 22.9 Å². The van der Waals surface area contributed by atoms with Crippen LogP contribution in [-0.2, 0) is 16.4 Å². The van der Waals surface area contributed by atoms with E-state index >= 15 is 0 Å². The van der Waals surface area contributed by atoms with Crippen molar-refractivity contribution in [3.8, 4) is 0 Å². The van der Waals surface area contributed by atoms with Gasteiger partial charge in [-0.3, -0.25) is 9.48 Å². The Labute approximate surface area is 118 Å². The highest BCUT2D eigenvalue weighted by Gasteiger charge is 2.34. The van der Waals surface area contributed by atoms with Crippen LogP contribution < -0.4 is 5.73 Å². The minimum Gasteiger partial charge on any atom is -0.395 e. The fraction of sp³-hybridized carbons (Fsp3) is 0.667. The van der Waals surface area contributed by atoms with Gasteiger partial charge in [0.15, 0.2) is 9.84 Å². The highest BCUT2D eigenvalue weighted by Crippen LogP contribution is 2.22. The summed E-state index contributed by atoms with van der Waals surface area (Å²) in [5.41, 5.74) is 7.24. The lowest BCUT2D eigenvalue weighted by atomic mass is 10.2. The van der Waals surface area contributed by atoms with Crippen LogP contribution in [-0.4, -0.2) is 53.6 Å². The van der Waals surface area contributed by atoms with Gasteiger partial charge in [-0.25, -0.2) is 8.42 Å². The van der Waals surface area contributed by atoms with Crippen molar-refractivity contribution in [3.63, 3.8) is 0 Å². The van der Waals surface area contributed by atoms with E-state index in [0.717, 1.165) is 0 Å². The van der Waals surface area contributed by atoms with Crippen LogP contribution in [0.4, 0.5) is 5.69 Å². The number of carbonyl (C=O) groups is 1. The van der Waals surface area contributed by atoms with Crippen LogP contribution in [0.3, 0.4) is 0 Å². The first-order valence-corrected chi connectivity index (χ1v) is 8.39. The number of rotatable bonds is 3. The number of amides is 1. The summed E-state index contributed by atoms with van der Waals surface area (Å²) < 4.78 is 24.6. The summed E-state index contributed by atoms with van der Waals surface area (Å²) in [6.07, 6.45) is 0.476. The third-order valence-corrected chi connectivity index (χ3v) is 5.50. The summed E-state index contributed by atoms with van der Waals surface area (Å²) in [6, 6.07) is -0.285. The number of nitrogen functional groups attached to an aromatic ring is 1. The molecular formula is C12H20N4O3S. The number of hydrogen-bond acceptors (Lipinski definition) is 5. The maximum Gasteiger partial charge on any atom is 0.274 e. The Balaban J connectivity index is 2.28. The molecule has 8 heteroatoms. The van der Waals surface area contributed by atoms with Gasteiger partial charge in [0, 0.05) is 19.6 Å². The molecule has 7 nitrogen and oxygen atoms in total. The third kappa shape index (κ3) is 2.52. The maximum absolute atomic E-state index is 12.5. The molecule has 2 N–H and O–H groups in total. The van der Waals surface area contributed by atoms with Crippen molar-refractivity contribution in [2.45, 2.75) is 32.9 Å². The lowest BCUT2D eigenvalue weighted by Crippen LogP contribution is -2.39. The average Bonchev–Trinajstić information content (AvgIpc) is 2.89. The van der Waals surface area contributed by atoms with Crippen LogP contribution in [0.25, 0.3) is 0 Å². The number of aromatic nitrogens is 2. The van der Waals surface area contributed by atoms with Crippen molar-refractivity contribution in [1.82, 2.24) is 14.7 Å². The second-order valence-corrected chi connectivity index (χ2v) is 7.37. The Kier molecular flexibility index (Phi) is 3.77. The van der Waals surface area contributed by atoms with E-state index in [1.807, 2.05) is 6.92 Å². The molecule has 1 fully saturated rings. The van der Waals surface area contributed by atoms with Crippen molar-refractivity contribution >= 4 is 21.4 Å². The predicted molar refractivity (Wildman–Crippen MR) is 76.2 cm³/mol. The molecular weight excluding hydrogens is 280 g/mol. The molecule has 2 heterocycles. The quantitative estimate of drug-likeness (QED) is 0.850. The Hall–Kier alpha value is -1.57. The van der Waals surface area contributed by atoms with E-state index in [2.05, 4.69) is 5.10 Å². The second kappa shape index (κ2) is 5.08. The Morgan fingerprint density at radius 3 is 2.70 bits per heavy atom. The van der Waals surface area contributed by atoms with Crippen LogP contribution in [0, 0.1) is 6.92 Å². The molecule has 0 aromatic carbocycles. The summed E-state index contributed by atoms with van der Waals surface area (Å²) in [6.45, 7) is 4.16. The number of nitrogens with zero attached hydrogens (tertiary/aromatic N) is 3. The molecule has 2 rings (SSSR count). The molecule has 0 saturated carbocycles. The molecule has 20 heavy (non-hydrogen) atoms. The summed E-state index contributed by atoms with van der Waals surface area (Å²) in [5.74, 6) is -0.113. The van der Waals surface area contributed by atoms with Crippen molar-refractivity contribution in [3.05, 3.63) is 11.4 Å². The van der Waals surface area contributed by atoms with Crippen molar-refractivity contribution < 1.29 is 13.2 Å². The van der Waals surface area contributed by atoms with Crippen LogP contribution in [0.5, 0.6) is 0 Å². The first kappa shape index (κ1) is 14.8. The molecule has 0 bridgehead atoms. The van der Waals surface area contributed by atoms with E-state index in [0.29, 0.717) is 30.0 Å². The zero-order chi connectivity index (χ0) is 15.1. The number of carbonyl (C=O) groups excluding carboxylic acids is 1. The van der Waals surface area contributed by atoms with Gasteiger partial charge in [0.25, 0.3) is 5.91 Å². The van der Waals surface area contributed by atoms with E-state index in [9.17, 15) is 13.2 Å². The lowest BCUT2D eigenvalue weighted by Gasteiger charge is -2.23. The van der Waals surface area contributed by atoms with Crippen molar-refractivity contribution in [1.29, 1.82) is 0 Å². The summed E-state index contributed by atoms with van der Waals surface area (Å²) in [4.78, 5) is 14.0. The van der Waals surface area contributed by atoms with Gasteiger partial charge < -0.3 is 10.6 Å². The zero-order valence-electron chi connectivity index (χ0n) is 12.0. The largest absolute Gasteiger partial charge is 0.395 e. The van der Waals surface area contributed by atoms with Gasteiger partial charge in [0.2, 0.25) is 0 Å². The van der Waals surface area contributed by atoms with Gasteiger partial charge in [-0.05, 0) is 20.3 Å². The SMILES string of the molecule is CCn1nc(C)c(N)c1C(=O)N(C)C1CCS(=O)(=O)C1. The first-order valence-electron chi connectivity index (χ1n) is 6.57. The van der Waals surface area contributed by atoms with Crippen LogP contribution >= 0.6 is 0 Å². The number of sulfone groups is 1. The Morgan fingerprint density at radius 2 is 2.20 bits per heavy atom. The number of nitrogens with two attached hydrogens (primary N) is 1. The van der Waals surface area contributed by atoms with Gasteiger partial charge in [-0.15, -0.1) is 0 Å². The van der Waals surface area contributed by atoms with Crippen LogP contribution in [0.15, 0.2) is 0 Å². The summed E-state index contributed by atoms with van der Waals surface area (Å²) in [7, 11) is -1.40. The standard InChI is InChI=1S/C12H20N4O3S/c1-4-16-11(10(13)8(2)14-16)12(17)15(3)9-5-6-20(18,19)7-9/h9H,4-7,13H2,1-3H3. The molecule has 1 atom stereocenters. The fourth-order valence-electron chi connectivity index (χ4n) is 2.46. The lowest BCUT2D eigenvalue weighted by molar-refractivity contribution is 0.0736. The normalized spacial score (nSPS) is 21.1. The summed E-state index contributed by atoms with van der Waals surface area (Å²) >= 11 is 0. The Bertz CT molecular complexity index is 635. The number of anilines is 1. The maximum atomic E-state index is 12.5. The molecule has 1 aromatic heterocycles. The van der Waals surface area contributed by atoms with Gasteiger partial charge >= 0.3 is 0 Å². The minimum absolute atomic E-state index is 0.0222. The molecule has 0 aliphatic carbocycles. The fourth-order valence-corrected chi connectivity index (χ4v) is 4.24. The molecule has 1 unspecified atom stereocenters. The van der Waals surface area contributed by atoms with E-state index < -0.39 is 9.84 Å². The van der Waals surface area contributed by atoms with Crippen molar-refractivity contribution in [2.24, 2.45) is 0 Å². The number of hydrogen-bond donors (Lipinski definition) is 1. The van der Waals surface area contributed by atoms with Crippen LogP contribution in [0.1, 0.15) is 29.5 Å². The topological polar surface area (TPSA) is 98.3 Å². The molecule has 1 aromatic rings.